The minimum absolute atomic E-state index is 0.130. The van der Waals surface area contributed by atoms with Crippen LogP contribution in [0.3, 0.4) is 0 Å². The number of nitrogens with one attached hydrogen (secondary N) is 1. The zero-order valence-corrected chi connectivity index (χ0v) is 19.0. The highest BCUT2D eigenvalue weighted by atomic mass is 16.5. The number of carbonyl (C=O) groups is 4. The molecule has 35 heavy (non-hydrogen) atoms. The summed E-state index contributed by atoms with van der Waals surface area (Å²) in [6.07, 6.45) is 3.51. The van der Waals surface area contributed by atoms with Crippen molar-refractivity contribution in [2.45, 2.75) is 25.4 Å². The number of fused-ring (bicyclic) bond motifs is 1. The van der Waals surface area contributed by atoms with Crippen molar-refractivity contribution in [3.63, 3.8) is 0 Å². The van der Waals surface area contributed by atoms with Crippen LogP contribution in [0.4, 0.5) is 5.69 Å². The molecule has 0 spiro atoms. The predicted molar refractivity (Wildman–Crippen MR) is 121 cm³/mol. The number of imide groups is 1. The standard InChI is InChI=1S/C23H21N7O5/c1-28(15-4-8-20(35-2)24-10-15)23(34)17-12-30(27-26-17)14-3-5-16-13(9-14)11-29(22(16)33)18-6-7-19(31)25-21(18)32/h3-5,8-10,12,18H,6-7,11H2,1-2H3,(H,25,31,32). The molecule has 0 bridgehead atoms. The molecule has 0 radical (unpaired) electrons. The van der Waals surface area contributed by atoms with Crippen molar-refractivity contribution >= 4 is 29.3 Å². The van der Waals surface area contributed by atoms with E-state index in [0.29, 0.717) is 29.2 Å². The lowest BCUT2D eigenvalue weighted by molar-refractivity contribution is -0.136. The molecule has 1 fully saturated rings. The van der Waals surface area contributed by atoms with Gasteiger partial charge in [-0.15, -0.1) is 5.10 Å². The molecule has 12 nitrogen and oxygen atoms in total. The van der Waals surface area contributed by atoms with Gasteiger partial charge in [0.25, 0.3) is 11.8 Å². The fraction of sp³-hybridized carbons (Fsp3) is 0.261. The molecule has 178 valence electrons. The Kier molecular flexibility index (Phi) is 5.47. The Bertz CT molecular complexity index is 1350. The molecule has 2 aromatic heterocycles. The van der Waals surface area contributed by atoms with Crippen LogP contribution in [0.15, 0.2) is 42.7 Å². The smallest absolute Gasteiger partial charge is 0.280 e. The SMILES string of the molecule is COc1ccc(N(C)C(=O)c2cn(-c3ccc4c(c3)CN(C3CCC(=O)NC3=O)C4=O)nn2)cn1. The van der Waals surface area contributed by atoms with E-state index < -0.39 is 11.9 Å². The maximum Gasteiger partial charge on any atom is 0.280 e. The van der Waals surface area contributed by atoms with Gasteiger partial charge in [-0.1, -0.05) is 5.21 Å². The summed E-state index contributed by atoms with van der Waals surface area (Å²) < 4.78 is 6.49. The lowest BCUT2D eigenvalue weighted by Crippen LogP contribution is -2.52. The first kappa shape index (κ1) is 22.2. The van der Waals surface area contributed by atoms with E-state index in [1.165, 1.54) is 34.0 Å². The predicted octanol–water partition coefficient (Wildman–Crippen LogP) is 0.708. The van der Waals surface area contributed by atoms with Gasteiger partial charge >= 0.3 is 0 Å². The summed E-state index contributed by atoms with van der Waals surface area (Å²) in [5.41, 5.74) is 2.52. The second-order valence-electron chi connectivity index (χ2n) is 8.21. The van der Waals surface area contributed by atoms with Crippen LogP contribution in [-0.4, -0.2) is 68.7 Å². The van der Waals surface area contributed by atoms with Gasteiger partial charge in [-0.05, 0) is 36.2 Å². The molecule has 2 aliphatic heterocycles. The Labute approximate surface area is 199 Å². The number of hydrogen-bond donors (Lipinski definition) is 1. The van der Waals surface area contributed by atoms with Gasteiger partial charge in [-0.3, -0.25) is 24.5 Å². The average Bonchev–Trinajstić information content (AvgIpc) is 3.48. The van der Waals surface area contributed by atoms with Crippen molar-refractivity contribution in [3.05, 3.63) is 59.5 Å². The molecule has 1 saturated heterocycles. The summed E-state index contributed by atoms with van der Waals surface area (Å²) in [4.78, 5) is 56.4. The van der Waals surface area contributed by atoms with E-state index in [1.54, 1.807) is 37.4 Å². The third-order valence-electron chi connectivity index (χ3n) is 6.11. The van der Waals surface area contributed by atoms with Gasteiger partial charge in [-0.2, -0.15) is 0 Å². The largest absolute Gasteiger partial charge is 0.481 e. The lowest BCUT2D eigenvalue weighted by Gasteiger charge is -2.29. The molecule has 12 heteroatoms. The molecule has 1 N–H and O–H groups in total. The number of anilines is 1. The molecule has 4 amide bonds. The summed E-state index contributed by atoms with van der Waals surface area (Å²) in [6, 6.07) is 7.82. The number of rotatable bonds is 5. The highest BCUT2D eigenvalue weighted by molar-refractivity contribution is 6.06. The molecule has 2 aliphatic rings. The van der Waals surface area contributed by atoms with Crippen LogP contribution in [0, 0.1) is 0 Å². The van der Waals surface area contributed by atoms with Gasteiger partial charge < -0.3 is 14.5 Å². The van der Waals surface area contributed by atoms with Crippen LogP contribution in [0.5, 0.6) is 5.88 Å². The minimum atomic E-state index is -0.686. The number of hydrogen-bond acceptors (Lipinski definition) is 8. The van der Waals surface area contributed by atoms with E-state index >= 15 is 0 Å². The molecule has 3 aromatic rings. The summed E-state index contributed by atoms with van der Waals surface area (Å²) in [6.45, 7) is 0.238. The first-order valence-electron chi connectivity index (χ1n) is 10.8. The van der Waals surface area contributed by atoms with Gasteiger partial charge in [-0.25, -0.2) is 9.67 Å². The van der Waals surface area contributed by atoms with Gasteiger partial charge in [0.15, 0.2) is 5.69 Å². The number of pyridine rings is 1. The zero-order valence-electron chi connectivity index (χ0n) is 19.0. The van der Waals surface area contributed by atoms with Crippen molar-refractivity contribution in [1.29, 1.82) is 0 Å². The molecule has 5 rings (SSSR count). The number of carbonyl (C=O) groups excluding carboxylic acids is 4. The van der Waals surface area contributed by atoms with Crippen molar-refractivity contribution < 1.29 is 23.9 Å². The first-order chi connectivity index (χ1) is 16.9. The third-order valence-corrected chi connectivity index (χ3v) is 6.11. The van der Waals surface area contributed by atoms with E-state index in [9.17, 15) is 19.2 Å². The summed E-state index contributed by atoms with van der Waals surface area (Å²) in [5, 5.41) is 10.4. The van der Waals surface area contributed by atoms with Crippen molar-refractivity contribution in [3.8, 4) is 11.6 Å². The summed E-state index contributed by atoms with van der Waals surface area (Å²) in [5.74, 6) is -0.984. The number of ether oxygens (including phenoxy) is 1. The number of amides is 4. The highest BCUT2D eigenvalue weighted by Gasteiger charge is 2.39. The summed E-state index contributed by atoms with van der Waals surface area (Å²) >= 11 is 0. The lowest BCUT2D eigenvalue weighted by atomic mass is 10.0. The molecule has 0 aliphatic carbocycles. The Morgan fingerprint density at radius 1 is 1.20 bits per heavy atom. The van der Waals surface area contributed by atoms with Crippen LogP contribution in [-0.2, 0) is 16.1 Å². The normalized spacial score (nSPS) is 17.3. The van der Waals surface area contributed by atoms with E-state index in [-0.39, 0.29) is 36.4 Å². The van der Waals surface area contributed by atoms with E-state index in [0.717, 1.165) is 5.56 Å². The highest BCUT2D eigenvalue weighted by Crippen LogP contribution is 2.29. The van der Waals surface area contributed by atoms with Crippen LogP contribution in [0.1, 0.15) is 39.3 Å². The topological polar surface area (TPSA) is 140 Å². The van der Waals surface area contributed by atoms with E-state index in [4.69, 9.17) is 4.74 Å². The fourth-order valence-electron chi connectivity index (χ4n) is 4.17. The van der Waals surface area contributed by atoms with Crippen molar-refractivity contribution in [2.75, 3.05) is 19.1 Å². The fourth-order valence-corrected chi connectivity index (χ4v) is 4.17. The number of benzene rings is 1. The van der Waals surface area contributed by atoms with Crippen LogP contribution in [0.2, 0.25) is 0 Å². The molecule has 0 saturated carbocycles. The maximum atomic E-state index is 12.9. The van der Waals surface area contributed by atoms with Gasteiger partial charge in [0.1, 0.15) is 6.04 Å². The summed E-state index contributed by atoms with van der Waals surface area (Å²) in [7, 11) is 3.12. The average molecular weight is 475 g/mol. The Hall–Kier alpha value is -4.61. The number of piperidine rings is 1. The van der Waals surface area contributed by atoms with Gasteiger partial charge in [0.2, 0.25) is 17.7 Å². The second kappa shape index (κ2) is 8.63. The maximum absolute atomic E-state index is 12.9. The Balaban J connectivity index is 1.33. The van der Waals surface area contributed by atoms with Crippen LogP contribution in [0.25, 0.3) is 5.69 Å². The number of methoxy groups -OCH3 is 1. The molecular weight excluding hydrogens is 454 g/mol. The monoisotopic (exact) mass is 475 g/mol. The minimum Gasteiger partial charge on any atom is -0.481 e. The molecule has 1 unspecified atom stereocenters. The van der Waals surface area contributed by atoms with Crippen molar-refractivity contribution in [1.82, 2.24) is 30.2 Å². The van der Waals surface area contributed by atoms with Gasteiger partial charge in [0, 0.05) is 31.6 Å². The van der Waals surface area contributed by atoms with Crippen molar-refractivity contribution in [2.24, 2.45) is 0 Å². The van der Waals surface area contributed by atoms with Gasteiger partial charge in [0.05, 0.1) is 30.9 Å². The quantitative estimate of drug-likeness (QED) is 0.532. The van der Waals surface area contributed by atoms with E-state index in [1.807, 2.05) is 0 Å². The first-order valence-corrected chi connectivity index (χ1v) is 10.8. The molecular formula is C23H21N7O5. The number of aromatic nitrogens is 4. The Morgan fingerprint density at radius 2 is 2.03 bits per heavy atom. The zero-order chi connectivity index (χ0) is 24.7. The second-order valence-corrected chi connectivity index (χ2v) is 8.21. The van der Waals surface area contributed by atoms with E-state index in [2.05, 4.69) is 20.6 Å². The third kappa shape index (κ3) is 3.98. The molecule has 1 atom stereocenters. The Morgan fingerprint density at radius 3 is 2.74 bits per heavy atom. The molecule has 1 aromatic carbocycles. The van der Waals surface area contributed by atoms with Crippen LogP contribution < -0.4 is 15.0 Å². The molecule has 4 heterocycles. The number of nitrogens with zero attached hydrogens (tertiary/aromatic N) is 6. The van der Waals surface area contributed by atoms with Crippen LogP contribution >= 0.6 is 0 Å².